The van der Waals surface area contributed by atoms with E-state index in [1.54, 1.807) is 6.07 Å². The number of nitrogens with one attached hydrogen (secondary N) is 1. The number of hydrogen-bond donors (Lipinski definition) is 2. The highest BCUT2D eigenvalue weighted by Gasteiger charge is 2.39. The molecule has 0 unspecified atom stereocenters. The molecule has 0 saturated heterocycles. The van der Waals surface area contributed by atoms with Crippen LogP contribution in [0.3, 0.4) is 0 Å². The lowest BCUT2D eigenvalue weighted by molar-refractivity contribution is 0.428. The third kappa shape index (κ3) is 2.53. The molecule has 1 fully saturated rings. The van der Waals surface area contributed by atoms with E-state index in [0.29, 0.717) is 12.0 Å². The number of aromatic hydroxyl groups is 1. The second-order valence-electron chi connectivity index (χ2n) is 4.74. The summed E-state index contributed by atoms with van der Waals surface area (Å²) in [5.41, 5.74) is 1.39. The van der Waals surface area contributed by atoms with Gasteiger partial charge in [-0.25, -0.2) is 4.39 Å². The largest absolute Gasteiger partial charge is 0.505 e. The van der Waals surface area contributed by atoms with Crippen LogP contribution in [0, 0.1) is 11.2 Å². The Morgan fingerprint density at radius 2 is 2.19 bits per heavy atom. The van der Waals surface area contributed by atoms with Gasteiger partial charge in [-0.15, -0.1) is 0 Å². The quantitative estimate of drug-likeness (QED) is 0.804. The minimum atomic E-state index is -0.545. The van der Waals surface area contributed by atoms with E-state index in [2.05, 4.69) is 12.2 Å². The zero-order valence-corrected chi connectivity index (χ0v) is 9.59. The van der Waals surface area contributed by atoms with Crippen LogP contribution < -0.4 is 5.32 Å². The average molecular weight is 223 g/mol. The van der Waals surface area contributed by atoms with Gasteiger partial charge < -0.3 is 10.4 Å². The van der Waals surface area contributed by atoms with E-state index in [1.807, 2.05) is 0 Å². The summed E-state index contributed by atoms with van der Waals surface area (Å²) >= 11 is 0. The molecule has 0 atom stereocenters. The number of rotatable bonds is 5. The first kappa shape index (κ1) is 11.4. The summed E-state index contributed by atoms with van der Waals surface area (Å²) < 4.78 is 13.0. The molecule has 0 radical (unpaired) electrons. The van der Waals surface area contributed by atoms with E-state index >= 15 is 0 Å². The molecule has 1 saturated carbocycles. The molecule has 1 aliphatic rings. The molecule has 1 aromatic rings. The standard InChI is InChI=1S/C13H18FNO/c1-2-13(5-6-13)9-15-8-10-3-4-12(16)11(14)7-10/h3-4,7,15-16H,2,5-6,8-9H2,1H3. The number of hydrogen-bond acceptors (Lipinski definition) is 2. The summed E-state index contributed by atoms with van der Waals surface area (Å²) in [5, 5.41) is 12.4. The normalized spacial score (nSPS) is 17.4. The van der Waals surface area contributed by atoms with Crippen LogP contribution in [0.5, 0.6) is 5.75 Å². The maximum Gasteiger partial charge on any atom is 0.165 e. The van der Waals surface area contributed by atoms with Crippen molar-refractivity contribution in [2.45, 2.75) is 32.7 Å². The van der Waals surface area contributed by atoms with Crippen molar-refractivity contribution in [1.29, 1.82) is 0 Å². The van der Waals surface area contributed by atoms with E-state index in [4.69, 9.17) is 5.11 Å². The molecule has 0 bridgehead atoms. The second kappa shape index (κ2) is 4.42. The van der Waals surface area contributed by atoms with Crippen molar-refractivity contribution in [3.05, 3.63) is 29.6 Å². The van der Waals surface area contributed by atoms with Gasteiger partial charge >= 0.3 is 0 Å². The Hall–Kier alpha value is -1.09. The fourth-order valence-corrected chi connectivity index (χ4v) is 1.96. The monoisotopic (exact) mass is 223 g/mol. The van der Waals surface area contributed by atoms with Gasteiger partial charge in [-0.2, -0.15) is 0 Å². The van der Waals surface area contributed by atoms with Crippen LogP contribution in [-0.2, 0) is 6.54 Å². The van der Waals surface area contributed by atoms with Crippen LogP contribution in [0.15, 0.2) is 18.2 Å². The first-order valence-corrected chi connectivity index (χ1v) is 5.83. The molecule has 0 amide bonds. The smallest absolute Gasteiger partial charge is 0.165 e. The van der Waals surface area contributed by atoms with Crippen LogP contribution >= 0.6 is 0 Å². The summed E-state index contributed by atoms with van der Waals surface area (Å²) in [7, 11) is 0. The molecule has 2 rings (SSSR count). The minimum absolute atomic E-state index is 0.282. The summed E-state index contributed by atoms with van der Waals surface area (Å²) in [5.74, 6) is -0.827. The van der Waals surface area contributed by atoms with Gasteiger partial charge in [0.1, 0.15) is 0 Å². The Labute approximate surface area is 95.5 Å². The lowest BCUT2D eigenvalue weighted by Crippen LogP contribution is -2.23. The molecule has 2 nitrogen and oxygen atoms in total. The highest BCUT2D eigenvalue weighted by Crippen LogP contribution is 2.47. The second-order valence-corrected chi connectivity index (χ2v) is 4.74. The zero-order chi connectivity index (χ0) is 11.6. The van der Waals surface area contributed by atoms with Crippen LogP contribution in [0.4, 0.5) is 4.39 Å². The molecule has 2 N–H and O–H groups in total. The van der Waals surface area contributed by atoms with Crippen molar-refractivity contribution in [3.63, 3.8) is 0 Å². The Morgan fingerprint density at radius 1 is 1.44 bits per heavy atom. The highest BCUT2D eigenvalue weighted by atomic mass is 19.1. The van der Waals surface area contributed by atoms with Gasteiger partial charge in [-0.3, -0.25) is 0 Å². The Kier molecular flexibility index (Phi) is 3.15. The Morgan fingerprint density at radius 3 is 2.75 bits per heavy atom. The zero-order valence-electron chi connectivity index (χ0n) is 9.59. The molecule has 88 valence electrons. The van der Waals surface area contributed by atoms with E-state index in [1.165, 1.54) is 31.4 Å². The maximum absolute atomic E-state index is 13.0. The average Bonchev–Trinajstić information content (AvgIpc) is 3.04. The molecular formula is C13H18FNO. The lowest BCUT2D eigenvalue weighted by Gasteiger charge is -2.13. The molecule has 16 heavy (non-hydrogen) atoms. The van der Waals surface area contributed by atoms with Crippen molar-refractivity contribution in [3.8, 4) is 5.75 Å². The number of halogens is 1. The Bertz CT molecular complexity index is 374. The van der Waals surface area contributed by atoms with Crippen molar-refractivity contribution in [1.82, 2.24) is 5.32 Å². The maximum atomic E-state index is 13.0. The fourth-order valence-electron chi connectivity index (χ4n) is 1.96. The highest BCUT2D eigenvalue weighted by molar-refractivity contribution is 5.27. The summed E-state index contributed by atoms with van der Waals surface area (Å²) in [6.07, 6.45) is 3.82. The number of phenols is 1. The van der Waals surface area contributed by atoms with Crippen molar-refractivity contribution >= 4 is 0 Å². The SMILES string of the molecule is CCC1(CNCc2ccc(O)c(F)c2)CC1. The third-order valence-electron chi connectivity index (χ3n) is 3.55. The third-order valence-corrected chi connectivity index (χ3v) is 3.55. The predicted octanol–water partition coefficient (Wildman–Crippen LogP) is 2.81. The van der Waals surface area contributed by atoms with Gasteiger partial charge in [0.05, 0.1) is 0 Å². The van der Waals surface area contributed by atoms with Gasteiger partial charge in [0.25, 0.3) is 0 Å². The van der Waals surface area contributed by atoms with Crippen LogP contribution in [0.1, 0.15) is 31.7 Å². The summed E-state index contributed by atoms with van der Waals surface area (Å²) in [4.78, 5) is 0. The lowest BCUT2D eigenvalue weighted by atomic mass is 10.0. The molecule has 1 aromatic carbocycles. The van der Waals surface area contributed by atoms with E-state index < -0.39 is 5.82 Å². The molecule has 0 spiro atoms. The molecular weight excluding hydrogens is 205 g/mol. The first-order valence-electron chi connectivity index (χ1n) is 5.83. The summed E-state index contributed by atoms with van der Waals surface area (Å²) in [6.45, 7) is 3.89. The topological polar surface area (TPSA) is 32.3 Å². The fraction of sp³-hybridized carbons (Fsp3) is 0.538. The van der Waals surface area contributed by atoms with E-state index in [0.717, 1.165) is 12.1 Å². The van der Waals surface area contributed by atoms with Crippen LogP contribution in [0.25, 0.3) is 0 Å². The predicted molar refractivity (Wildman–Crippen MR) is 61.7 cm³/mol. The first-order chi connectivity index (χ1) is 7.65. The van der Waals surface area contributed by atoms with Gasteiger partial charge in [0.15, 0.2) is 11.6 Å². The molecule has 1 aliphatic carbocycles. The van der Waals surface area contributed by atoms with Crippen LogP contribution in [-0.4, -0.2) is 11.7 Å². The van der Waals surface area contributed by atoms with E-state index in [-0.39, 0.29) is 5.75 Å². The van der Waals surface area contributed by atoms with Crippen molar-refractivity contribution in [2.24, 2.45) is 5.41 Å². The van der Waals surface area contributed by atoms with Crippen molar-refractivity contribution < 1.29 is 9.50 Å². The van der Waals surface area contributed by atoms with Crippen molar-refractivity contribution in [2.75, 3.05) is 6.54 Å². The minimum Gasteiger partial charge on any atom is -0.505 e. The number of phenolic OH excluding ortho intramolecular Hbond substituents is 1. The van der Waals surface area contributed by atoms with Gasteiger partial charge in [0, 0.05) is 13.1 Å². The van der Waals surface area contributed by atoms with Gasteiger partial charge in [-0.05, 0) is 42.4 Å². The number of benzene rings is 1. The van der Waals surface area contributed by atoms with Gasteiger partial charge in [0.2, 0.25) is 0 Å². The van der Waals surface area contributed by atoms with E-state index in [9.17, 15) is 4.39 Å². The molecule has 0 heterocycles. The molecule has 0 aliphatic heterocycles. The Balaban J connectivity index is 1.83. The summed E-state index contributed by atoms with van der Waals surface area (Å²) in [6, 6.07) is 4.53. The molecule has 0 aromatic heterocycles. The van der Waals surface area contributed by atoms with Crippen LogP contribution in [0.2, 0.25) is 0 Å². The van der Waals surface area contributed by atoms with Gasteiger partial charge in [-0.1, -0.05) is 13.0 Å². The molecule has 3 heteroatoms.